The van der Waals surface area contributed by atoms with E-state index in [1.54, 1.807) is 12.1 Å². The lowest BCUT2D eigenvalue weighted by molar-refractivity contribution is -0.148. The Balaban J connectivity index is 1.79. The number of hydrogen-bond donors (Lipinski definition) is 1. The van der Waals surface area contributed by atoms with Crippen molar-refractivity contribution in [1.82, 2.24) is 0 Å². The topological polar surface area (TPSA) is 72.8 Å². The average Bonchev–Trinajstić information content (AvgIpc) is 2.52. The van der Waals surface area contributed by atoms with Crippen LogP contribution in [-0.2, 0) is 20.9 Å². The molecule has 0 atom stereocenters. The Bertz CT molecular complexity index is 622. The minimum Gasteiger partial charge on any atom is -0.507 e. The number of phenolic OH excluding ortho intramolecular Hbond substituents is 1. The maximum absolute atomic E-state index is 11.7. The average molecular weight is 286 g/mol. The number of carbonyl (C=O) groups excluding carboxylic acids is 2. The van der Waals surface area contributed by atoms with E-state index in [4.69, 9.17) is 9.47 Å². The number of aromatic hydroxyl groups is 1. The Morgan fingerprint density at radius 2 is 1.57 bits per heavy atom. The summed E-state index contributed by atoms with van der Waals surface area (Å²) in [5, 5.41) is 9.48. The summed E-state index contributed by atoms with van der Waals surface area (Å²) in [6.45, 7) is -0.381. The monoisotopic (exact) mass is 286 g/mol. The van der Waals surface area contributed by atoms with Crippen molar-refractivity contribution in [2.24, 2.45) is 0 Å². The molecule has 2 aromatic rings. The SMILES string of the molecule is O=C(COC(=O)c1ccccc1O)OCc1ccccc1. The van der Waals surface area contributed by atoms with E-state index < -0.39 is 18.5 Å². The fourth-order valence-electron chi connectivity index (χ4n) is 1.63. The maximum atomic E-state index is 11.7. The third kappa shape index (κ3) is 4.35. The minimum atomic E-state index is -0.773. The molecule has 0 radical (unpaired) electrons. The molecule has 1 N–H and O–H groups in total. The first-order valence-corrected chi connectivity index (χ1v) is 6.31. The standard InChI is InChI=1S/C16H14O5/c17-14-9-5-4-8-13(14)16(19)21-11-15(18)20-10-12-6-2-1-3-7-12/h1-9,17H,10-11H2. The molecular formula is C16H14O5. The summed E-state index contributed by atoms with van der Waals surface area (Å²) in [6, 6.07) is 15.1. The Kier molecular flexibility index (Phi) is 4.93. The second-order valence-electron chi connectivity index (χ2n) is 4.24. The van der Waals surface area contributed by atoms with Crippen LogP contribution in [0.3, 0.4) is 0 Å². The highest BCUT2D eigenvalue weighted by Gasteiger charge is 2.14. The molecule has 0 heterocycles. The smallest absolute Gasteiger partial charge is 0.344 e. The molecule has 5 heteroatoms. The van der Waals surface area contributed by atoms with Gasteiger partial charge in [0.15, 0.2) is 6.61 Å². The van der Waals surface area contributed by atoms with Crippen LogP contribution < -0.4 is 0 Å². The molecule has 0 amide bonds. The molecule has 0 fully saturated rings. The van der Waals surface area contributed by atoms with Gasteiger partial charge in [-0.2, -0.15) is 0 Å². The molecule has 2 aromatic carbocycles. The van der Waals surface area contributed by atoms with Crippen molar-refractivity contribution in [2.45, 2.75) is 6.61 Å². The normalized spacial score (nSPS) is 9.90. The van der Waals surface area contributed by atoms with Gasteiger partial charge in [-0.3, -0.25) is 0 Å². The number of esters is 2. The zero-order valence-corrected chi connectivity index (χ0v) is 11.2. The molecule has 0 unspecified atom stereocenters. The molecular weight excluding hydrogens is 272 g/mol. The molecule has 0 saturated carbocycles. The van der Waals surface area contributed by atoms with E-state index in [0.717, 1.165) is 5.56 Å². The highest BCUT2D eigenvalue weighted by molar-refractivity contribution is 5.93. The van der Waals surface area contributed by atoms with Crippen molar-refractivity contribution in [3.63, 3.8) is 0 Å². The highest BCUT2D eigenvalue weighted by Crippen LogP contribution is 2.16. The number of hydrogen-bond acceptors (Lipinski definition) is 5. The molecule has 0 bridgehead atoms. The van der Waals surface area contributed by atoms with Gasteiger partial charge in [0, 0.05) is 0 Å². The summed E-state index contributed by atoms with van der Waals surface area (Å²) in [4.78, 5) is 23.1. The Morgan fingerprint density at radius 1 is 0.905 bits per heavy atom. The van der Waals surface area contributed by atoms with E-state index in [0.29, 0.717) is 0 Å². The van der Waals surface area contributed by atoms with Gasteiger partial charge in [0.1, 0.15) is 17.9 Å². The molecule has 0 aromatic heterocycles. The summed E-state index contributed by atoms with van der Waals surface area (Å²) in [5.41, 5.74) is 0.853. The molecule has 0 saturated heterocycles. The molecule has 0 spiro atoms. The van der Waals surface area contributed by atoms with Gasteiger partial charge in [-0.15, -0.1) is 0 Å². The maximum Gasteiger partial charge on any atom is 0.344 e. The Morgan fingerprint density at radius 3 is 2.29 bits per heavy atom. The van der Waals surface area contributed by atoms with Gasteiger partial charge >= 0.3 is 11.9 Å². The van der Waals surface area contributed by atoms with Crippen molar-refractivity contribution in [3.05, 3.63) is 65.7 Å². The lowest BCUT2D eigenvalue weighted by Crippen LogP contribution is -2.16. The van der Waals surface area contributed by atoms with Crippen LogP contribution in [0.2, 0.25) is 0 Å². The summed E-state index contributed by atoms with van der Waals surface area (Å²) in [7, 11) is 0. The molecule has 0 aliphatic heterocycles. The van der Waals surface area contributed by atoms with Gasteiger partial charge < -0.3 is 14.6 Å². The van der Waals surface area contributed by atoms with Crippen LogP contribution in [-0.4, -0.2) is 23.7 Å². The first-order chi connectivity index (χ1) is 10.2. The van der Waals surface area contributed by atoms with Crippen LogP contribution in [0.5, 0.6) is 5.75 Å². The lowest BCUT2D eigenvalue weighted by atomic mass is 10.2. The van der Waals surface area contributed by atoms with E-state index >= 15 is 0 Å². The van der Waals surface area contributed by atoms with E-state index in [-0.39, 0.29) is 17.9 Å². The van der Waals surface area contributed by atoms with Crippen molar-refractivity contribution < 1.29 is 24.2 Å². The molecule has 108 valence electrons. The van der Waals surface area contributed by atoms with Crippen LogP contribution in [0, 0.1) is 0 Å². The number of ether oxygens (including phenoxy) is 2. The predicted molar refractivity (Wildman–Crippen MR) is 74.6 cm³/mol. The van der Waals surface area contributed by atoms with Gasteiger partial charge in [0.05, 0.1) is 0 Å². The van der Waals surface area contributed by atoms with E-state index in [9.17, 15) is 14.7 Å². The number of benzene rings is 2. The fraction of sp³-hybridized carbons (Fsp3) is 0.125. The van der Waals surface area contributed by atoms with Crippen molar-refractivity contribution in [3.8, 4) is 5.75 Å². The molecule has 2 rings (SSSR count). The van der Waals surface area contributed by atoms with Crippen molar-refractivity contribution in [2.75, 3.05) is 6.61 Å². The first-order valence-electron chi connectivity index (χ1n) is 6.31. The quantitative estimate of drug-likeness (QED) is 0.854. The third-order valence-electron chi connectivity index (χ3n) is 2.69. The third-order valence-corrected chi connectivity index (χ3v) is 2.69. The van der Waals surface area contributed by atoms with Crippen LogP contribution in [0.25, 0.3) is 0 Å². The number of carbonyl (C=O) groups is 2. The van der Waals surface area contributed by atoms with Crippen LogP contribution >= 0.6 is 0 Å². The summed E-state index contributed by atoms with van der Waals surface area (Å²) in [5.74, 6) is -1.62. The van der Waals surface area contributed by atoms with E-state index in [1.165, 1.54) is 12.1 Å². The second kappa shape index (κ2) is 7.09. The predicted octanol–water partition coefficient (Wildman–Crippen LogP) is 2.29. The van der Waals surface area contributed by atoms with Crippen LogP contribution in [0.1, 0.15) is 15.9 Å². The number of phenols is 1. The minimum absolute atomic E-state index is 0.00774. The molecule has 0 aliphatic rings. The Labute approximate surface area is 121 Å². The van der Waals surface area contributed by atoms with Gasteiger partial charge in [-0.25, -0.2) is 9.59 Å². The molecule has 0 aliphatic carbocycles. The summed E-state index contributed by atoms with van der Waals surface area (Å²) >= 11 is 0. The van der Waals surface area contributed by atoms with Crippen LogP contribution in [0.4, 0.5) is 0 Å². The molecule has 21 heavy (non-hydrogen) atoms. The van der Waals surface area contributed by atoms with Gasteiger partial charge in [-0.05, 0) is 17.7 Å². The van der Waals surface area contributed by atoms with Gasteiger partial charge in [-0.1, -0.05) is 42.5 Å². The first kappa shape index (κ1) is 14.6. The summed E-state index contributed by atoms with van der Waals surface area (Å²) in [6.07, 6.45) is 0. The zero-order valence-electron chi connectivity index (χ0n) is 11.2. The largest absolute Gasteiger partial charge is 0.507 e. The fourth-order valence-corrected chi connectivity index (χ4v) is 1.63. The molecule has 5 nitrogen and oxygen atoms in total. The number of rotatable bonds is 5. The zero-order chi connectivity index (χ0) is 15.1. The lowest BCUT2D eigenvalue weighted by Gasteiger charge is -2.07. The second-order valence-corrected chi connectivity index (χ2v) is 4.24. The van der Waals surface area contributed by atoms with E-state index in [1.807, 2.05) is 30.3 Å². The Hall–Kier alpha value is -2.82. The number of para-hydroxylation sites is 1. The van der Waals surface area contributed by atoms with Gasteiger partial charge in [0.2, 0.25) is 0 Å². The van der Waals surface area contributed by atoms with Crippen molar-refractivity contribution in [1.29, 1.82) is 0 Å². The van der Waals surface area contributed by atoms with Crippen LogP contribution in [0.15, 0.2) is 54.6 Å². The summed E-state index contributed by atoms with van der Waals surface area (Å²) < 4.78 is 9.75. The van der Waals surface area contributed by atoms with Gasteiger partial charge in [0.25, 0.3) is 0 Å². The van der Waals surface area contributed by atoms with E-state index in [2.05, 4.69) is 0 Å². The van der Waals surface area contributed by atoms with Crippen molar-refractivity contribution >= 4 is 11.9 Å². The highest BCUT2D eigenvalue weighted by atomic mass is 16.6.